The zero-order valence-electron chi connectivity index (χ0n) is 11.2. The van der Waals surface area contributed by atoms with E-state index in [0.717, 1.165) is 0 Å². The number of nitrogens with one attached hydrogen (secondary N) is 1. The Morgan fingerprint density at radius 3 is 2.55 bits per heavy atom. The van der Waals surface area contributed by atoms with Gasteiger partial charge in [0.05, 0.1) is 0 Å². The second-order valence-electron chi connectivity index (χ2n) is 4.74. The van der Waals surface area contributed by atoms with Crippen LogP contribution in [0, 0.1) is 5.82 Å². The topological polar surface area (TPSA) is 98.5 Å². The lowest BCUT2D eigenvalue weighted by Gasteiger charge is -2.21. The fourth-order valence-electron chi connectivity index (χ4n) is 2.21. The largest absolute Gasteiger partial charge is 0.382 e. The van der Waals surface area contributed by atoms with E-state index in [-0.39, 0.29) is 17.9 Å². The van der Waals surface area contributed by atoms with Crippen molar-refractivity contribution < 1.29 is 21.8 Å². The second kappa shape index (κ2) is 5.08. The van der Waals surface area contributed by atoms with Crippen molar-refractivity contribution in [3.05, 3.63) is 53.3 Å². The lowest BCUT2D eigenvalue weighted by molar-refractivity contribution is 0.100. The summed E-state index contributed by atoms with van der Waals surface area (Å²) in [5.74, 6) is -1.03. The number of benzene rings is 2. The van der Waals surface area contributed by atoms with Gasteiger partial charge in [-0.25, -0.2) is 4.39 Å². The van der Waals surface area contributed by atoms with E-state index in [1.165, 1.54) is 24.3 Å². The summed E-state index contributed by atoms with van der Waals surface area (Å²) >= 11 is 0. The zero-order valence-corrected chi connectivity index (χ0v) is 12.0. The Bertz CT molecular complexity index is 863. The summed E-state index contributed by atoms with van der Waals surface area (Å²) in [6.07, 6.45) is 0. The molecule has 1 aliphatic rings. The number of carbonyl (C=O) groups is 1. The van der Waals surface area contributed by atoms with Crippen LogP contribution in [-0.4, -0.2) is 14.3 Å². The van der Waals surface area contributed by atoms with Crippen LogP contribution in [0.1, 0.15) is 15.9 Å². The molecule has 0 saturated heterocycles. The Labute approximate surface area is 126 Å². The minimum absolute atomic E-state index is 0.0538. The van der Waals surface area contributed by atoms with Crippen molar-refractivity contribution >= 4 is 16.2 Å². The van der Waals surface area contributed by atoms with Gasteiger partial charge < -0.3 is 9.92 Å². The molecule has 22 heavy (non-hydrogen) atoms. The molecular formula is C14H11FN2O4S. The molecular weight excluding hydrogens is 311 g/mol. The van der Waals surface area contributed by atoms with E-state index >= 15 is 0 Å². The van der Waals surface area contributed by atoms with Gasteiger partial charge in [-0.05, 0) is 29.8 Å². The minimum atomic E-state index is -3.91. The van der Waals surface area contributed by atoms with E-state index in [1.807, 2.05) is 0 Å². The van der Waals surface area contributed by atoms with Crippen LogP contribution < -0.4 is 14.6 Å². The Morgan fingerprint density at radius 1 is 1.23 bits per heavy atom. The van der Waals surface area contributed by atoms with Gasteiger partial charge >= 0.3 is 10.3 Å². The molecule has 0 spiro atoms. The molecule has 0 radical (unpaired) electrons. The van der Waals surface area contributed by atoms with Crippen LogP contribution in [0.5, 0.6) is 5.75 Å². The Kier molecular flexibility index (Phi) is 3.34. The van der Waals surface area contributed by atoms with Crippen molar-refractivity contribution in [1.82, 2.24) is 4.72 Å². The first-order valence-corrected chi connectivity index (χ1v) is 7.68. The van der Waals surface area contributed by atoms with E-state index in [1.54, 1.807) is 12.1 Å². The maximum Gasteiger partial charge on any atom is 0.382 e. The molecule has 0 atom stereocenters. The van der Waals surface area contributed by atoms with Crippen molar-refractivity contribution in [2.45, 2.75) is 6.54 Å². The zero-order chi connectivity index (χ0) is 15.9. The molecule has 8 heteroatoms. The molecule has 3 rings (SSSR count). The molecule has 0 fully saturated rings. The van der Waals surface area contributed by atoms with Gasteiger partial charge in [0.2, 0.25) is 5.91 Å². The lowest BCUT2D eigenvalue weighted by Crippen LogP contribution is -2.32. The molecule has 3 N–H and O–H groups in total. The highest BCUT2D eigenvalue weighted by Crippen LogP contribution is 2.37. The smallest absolute Gasteiger partial charge is 0.370 e. The molecule has 0 aromatic heterocycles. The molecule has 2 aromatic rings. The third-order valence-electron chi connectivity index (χ3n) is 3.24. The number of amides is 1. The fourth-order valence-corrected chi connectivity index (χ4v) is 3.02. The molecule has 0 saturated carbocycles. The van der Waals surface area contributed by atoms with Crippen LogP contribution in [-0.2, 0) is 16.8 Å². The van der Waals surface area contributed by atoms with Gasteiger partial charge in [-0.3, -0.25) is 4.79 Å². The van der Waals surface area contributed by atoms with Crippen LogP contribution in [0.3, 0.4) is 0 Å². The summed E-state index contributed by atoms with van der Waals surface area (Å²) in [4.78, 5) is 11.1. The maximum atomic E-state index is 13.7. The molecule has 2 aromatic carbocycles. The van der Waals surface area contributed by atoms with Crippen LogP contribution >= 0.6 is 0 Å². The van der Waals surface area contributed by atoms with Crippen molar-refractivity contribution in [1.29, 1.82) is 0 Å². The Balaban J connectivity index is 2.14. The van der Waals surface area contributed by atoms with Crippen molar-refractivity contribution in [3.63, 3.8) is 0 Å². The van der Waals surface area contributed by atoms with E-state index in [9.17, 15) is 17.6 Å². The van der Waals surface area contributed by atoms with Gasteiger partial charge in [0.15, 0.2) is 5.75 Å². The van der Waals surface area contributed by atoms with Crippen LogP contribution in [0.4, 0.5) is 4.39 Å². The van der Waals surface area contributed by atoms with E-state index in [4.69, 9.17) is 9.92 Å². The van der Waals surface area contributed by atoms with Gasteiger partial charge in [0.25, 0.3) is 0 Å². The summed E-state index contributed by atoms with van der Waals surface area (Å²) in [6, 6.07) is 8.44. The Hall–Kier alpha value is -2.45. The van der Waals surface area contributed by atoms with Crippen molar-refractivity contribution in [3.8, 4) is 16.9 Å². The number of rotatable bonds is 2. The van der Waals surface area contributed by atoms with Crippen molar-refractivity contribution in [2.24, 2.45) is 5.73 Å². The summed E-state index contributed by atoms with van der Waals surface area (Å²) in [7, 11) is -3.91. The van der Waals surface area contributed by atoms with Gasteiger partial charge in [0, 0.05) is 23.2 Å². The van der Waals surface area contributed by atoms with E-state index in [2.05, 4.69) is 4.72 Å². The first kappa shape index (κ1) is 14.5. The van der Waals surface area contributed by atoms with Crippen molar-refractivity contribution in [2.75, 3.05) is 0 Å². The first-order chi connectivity index (χ1) is 10.4. The second-order valence-corrected chi connectivity index (χ2v) is 6.11. The summed E-state index contributed by atoms with van der Waals surface area (Å²) in [5, 5.41) is 0. The average Bonchev–Trinajstić information content (AvgIpc) is 2.46. The normalized spacial score (nSPS) is 15.7. The minimum Gasteiger partial charge on any atom is -0.370 e. The Morgan fingerprint density at radius 2 is 1.91 bits per heavy atom. The average molecular weight is 322 g/mol. The predicted molar refractivity (Wildman–Crippen MR) is 76.7 cm³/mol. The van der Waals surface area contributed by atoms with Gasteiger partial charge in [-0.1, -0.05) is 12.1 Å². The SMILES string of the molecule is NC(=O)c1ccc(-c2cc(F)cc3c2OS(=O)(=O)NC3)cc1. The third kappa shape index (κ3) is 2.66. The quantitative estimate of drug-likeness (QED) is 0.871. The van der Waals surface area contributed by atoms with Crippen LogP contribution in [0.25, 0.3) is 11.1 Å². The number of carbonyl (C=O) groups excluding carboxylic acids is 1. The maximum absolute atomic E-state index is 13.7. The molecule has 114 valence electrons. The van der Waals surface area contributed by atoms with Gasteiger partial charge in [0.1, 0.15) is 5.82 Å². The summed E-state index contributed by atoms with van der Waals surface area (Å²) < 4.78 is 43.9. The molecule has 0 unspecified atom stereocenters. The van der Waals surface area contributed by atoms with E-state index in [0.29, 0.717) is 16.7 Å². The third-order valence-corrected chi connectivity index (χ3v) is 4.13. The number of fused-ring (bicyclic) bond motifs is 1. The lowest BCUT2D eigenvalue weighted by atomic mass is 10.00. The standard InChI is InChI=1S/C14H11FN2O4S/c15-11-5-10-7-17-22(19,20)21-13(10)12(6-11)8-1-3-9(4-2-8)14(16)18/h1-6,17H,7H2,(H2,16,18). The highest BCUT2D eigenvalue weighted by molar-refractivity contribution is 7.85. The van der Waals surface area contributed by atoms with Gasteiger partial charge in [-0.2, -0.15) is 13.1 Å². The fraction of sp³-hybridized carbons (Fsp3) is 0.0714. The number of halogens is 1. The number of primary amides is 1. The summed E-state index contributed by atoms with van der Waals surface area (Å²) in [5.41, 5.74) is 6.65. The number of hydrogen-bond donors (Lipinski definition) is 2. The molecule has 0 bridgehead atoms. The van der Waals surface area contributed by atoms with E-state index < -0.39 is 22.0 Å². The first-order valence-electron chi connectivity index (χ1n) is 6.27. The highest BCUT2D eigenvalue weighted by Gasteiger charge is 2.26. The number of hydrogen-bond acceptors (Lipinski definition) is 4. The van der Waals surface area contributed by atoms with Crippen LogP contribution in [0.15, 0.2) is 36.4 Å². The predicted octanol–water partition coefficient (Wildman–Crippen LogP) is 1.32. The molecule has 6 nitrogen and oxygen atoms in total. The van der Waals surface area contributed by atoms with Gasteiger partial charge in [-0.15, -0.1) is 0 Å². The summed E-state index contributed by atoms with van der Waals surface area (Å²) in [6.45, 7) is -0.0538. The molecule has 1 aliphatic heterocycles. The highest BCUT2D eigenvalue weighted by atomic mass is 32.2. The molecule has 1 amide bonds. The molecule has 0 aliphatic carbocycles. The number of nitrogens with two attached hydrogens (primary N) is 1. The monoisotopic (exact) mass is 322 g/mol. The van der Waals surface area contributed by atoms with Crippen LogP contribution in [0.2, 0.25) is 0 Å². The molecule has 1 heterocycles.